The molecule has 4 aromatic rings. The summed E-state index contributed by atoms with van der Waals surface area (Å²) >= 11 is 0. The van der Waals surface area contributed by atoms with Crippen LogP contribution in [-0.4, -0.2) is 32.7 Å². The molecule has 1 aliphatic heterocycles. The SMILES string of the molecule is Cc1ccc(N2CCOc3ccc(-c4ccn5c(CC6CC6)nnc5c4C(F)(F)F)cc32)cn1. The molecule has 1 fully saturated rings. The first-order valence-corrected chi connectivity index (χ1v) is 11.3. The van der Waals surface area contributed by atoms with Crippen LogP contribution < -0.4 is 9.64 Å². The lowest BCUT2D eigenvalue weighted by Crippen LogP contribution is -2.28. The molecule has 0 amide bonds. The summed E-state index contributed by atoms with van der Waals surface area (Å²) in [6, 6.07) is 10.5. The van der Waals surface area contributed by atoms with Crippen molar-refractivity contribution in [2.45, 2.75) is 32.4 Å². The fourth-order valence-corrected chi connectivity index (χ4v) is 4.52. The molecular formula is C25H22F3N5O. The molecule has 1 aromatic carbocycles. The third-order valence-electron chi connectivity index (χ3n) is 6.44. The molecule has 0 atom stereocenters. The van der Waals surface area contributed by atoms with E-state index in [1.54, 1.807) is 30.6 Å². The topological polar surface area (TPSA) is 55.6 Å². The largest absolute Gasteiger partial charge is 0.490 e. The van der Waals surface area contributed by atoms with Crippen LogP contribution in [0.2, 0.25) is 0 Å². The zero-order valence-electron chi connectivity index (χ0n) is 18.5. The van der Waals surface area contributed by atoms with Crippen LogP contribution >= 0.6 is 0 Å². The molecule has 3 aromatic heterocycles. The van der Waals surface area contributed by atoms with E-state index >= 15 is 0 Å². The van der Waals surface area contributed by atoms with Gasteiger partial charge in [0.25, 0.3) is 0 Å². The average molecular weight is 465 g/mol. The summed E-state index contributed by atoms with van der Waals surface area (Å²) in [5, 5.41) is 8.05. The number of pyridine rings is 2. The average Bonchev–Trinajstić information content (AvgIpc) is 3.56. The quantitative estimate of drug-likeness (QED) is 0.393. The number of fused-ring (bicyclic) bond motifs is 2. The summed E-state index contributed by atoms with van der Waals surface area (Å²) in [6.07, 6.45) is 1.64. The number of hydrogen-bond donors (Lipinski definition) is 0. The minimum absolute atomic E-state index is 0.0701. The number of benzene rings is 1. The van der Waals surface area contributed by atoms with E-state index in [4.69, 9.17) is 4.74 Å². The van der Waals surface area contributed by atoms with Crippen molar-refractivity contribution < 1.29 is 17.9 Å². The summed E-state index contributed by atoms with van der Waals surface area (Å²) in [6.45, 7) is 2.95. The van der Waals surface area contributed by atoms with E-state index in [9.17, 15) is 13.2 Å². The number of hydrogen-bond acceptors (Lipinski definition) is 5. The molecule has 0 radical (unpaired) electrons. The zero-order valence-corrected chi connectivity index (χ0v) is 18.5. The summed E-state index contributed by atoms with van der Waals surface area (Å²) < 4.78 is 50.3. The van der Waals surface area contributed by atoms with Gasteiger partial charge in [0.2, 0.25) is 0 Å². The molecule has 0 saturated heterocycles. The number of ether oxygens (including phenoxy) is 1. The van der Waals surface area contributed by atoms with Gasteiger partial charge in [-0.2, -0.15) is 13.2 Å². The smallest absolute Gasteiger partial charge is 0.420 e. The van der Waals surface area contributed by atoms with Gasteiger partial charge in [0.15, 0.2) is 5.65 Å². The Labute approximate surface area is 194 Å². The van der Waals surface area contributed by atoms with E-state index in [0.29, 0.717) is 48.3 Å². The van der Waals surface area contributed by atoms with Crippen LogP contribution in [0.3, 0.4) is 0 Å². The van der Waals surface area contributed by atoms with E-state index in [2.05, 4.69) is 15.2 Å². The van der Waals surface area contributed by atoms with Crippen LogP contribution in [0.15, 0.2) is 48.8 Å². The summed E-state index contributed by atoms with van der Waals surface area (Å²) in [7, 11) is 0. The lowest BCUT2D eigenvalue weighted by Gasteiger charge is -2.31. The highest BCUT2D eigenvalue weighted by molar-refractivity contribution is 5.81. The Morgan fingerprint density at radius 3 is 2.68 bits per heavy atom. The van der Waals surface area contributed by atoms with Gasteiger partial charge in [0.1, 0.15) is 23.7 Å². The van der Waals surface area contributed by atoms with Crippen LogP contribution in [0.1, 0.15) is 29.9 Å². The second kappa shape index (κ2) is 7.72. The van der Waals surface area contributed by atoms with E-state index in [0.717, 1.165) is 24.2 Å². The molecule has 34 heavy (non-hydrogen) atoms. The van der Waals surface area contributed by atoms with Crippen LogP contribution in [0.4, 0.5) is 24.5 Å². The number of aromatic nitrogens is 4. The molecule has 4 heterocycles. The van der Waals surface area contributed by atoms with Crippen molar-refractivity contribution in [3.8, 4) is 16.9 Å². The second-order valence-corrected chi connectivity index (χ2v) is 8.90. The Morgan fingerprint density at radius 2 is 1.94 bits per heavy atom. The van der Waals surface area contributed by atoms with E-state index in [-0.39, 0.29) is 11.2 Å². The van der Waals surface area contributed by atoms with Crippen molar-refractivity contribution >= 4 is 17.0 Å². The molecule has 0 spiro atoms. The van der Waals surface area contributed by atoms with Gasteiger partial charge in [0, 0.05) is 18.3 Å². The zero-order chi connectivity index (χ0) is 23.4. The van der Waals surface area contributed by atoms with E-state index in [1.807, 2.05) is 24.0 Å². The molecule has 1 saturated carbocycles. The molecular weight excluding hydrogens is 443 g/mol. The molecule has 0 unspecified atom stereocenters. The van der Waals surface area contributed by atoms with Gasteiger partial charge in [-0.15, -0.1) is 10.2 Å². The van der Waals surface area contributed by atoms with Crippen molar-refractivity contribution in [1.82, 2.24) is 19.6 Å². The predicted octanol–water partition coefficient (Wildman–Crippen LogP) is 5.60. The molecule has 0 bridgehead atoms. The van der Waals surface area contributed by atoms with Crippen LogP contribution in [-0.2, 0) is 12.6 Å². The normalized spacial score (nSPS) is 15.9. The first-order valence-electron chi connectivity index (χ1n) is 11.3. The highest BCUT2D eigenvalue weighted by Gasteiger charge is 2.38. The van der Waals surface area contributed by atoms with Crippen molar-refractivity contribution in [3.05, 3.63) is 65.9 Å². The standard InChI is InChI=1S/C25H22F3N5O/c1-15-2-6-18(14-29-15)32-10-11-34-21-7-5-17(13-20(21)32)19-8-9-33-22(12-16-3-4-16)30-31-24(33)23(19)25(26,27)28/h2,5-9,13-14,16H,3-4,10-12H2,1H3. The monoisotopic (exact) mass is 465 g/mol. The summed E-state index contributed by atoms with van der Waals surface area (Å²) in [5.41, 5.74) is 2.04. The summed E-state index contributed by atoms with van der Waals surface area (Å²) in [4.78, 5) is 6.39. The fraction of sp³-hybridized carbons (Fsp3) is 0.320. The lowest BCUT2D eigenvalue weighted by molar-refractivity contribution is -0.136. The lowest BCUT2D eigenvalue weighted by atomic mass is 9.99. The number of halogens is 3. The van der Waals surface area contributed by atoms with Gasteiger partial charge < -0.3 is 9.64 Å². The maximum Gasteiger partial charge on any atom is 0.420 e. The van der Waals surface area contributed by atoms with Crippen molar-refractivity contribution in [3.63, 3.8) is 0 Å². The highest BCUT2D eigenvalue weighted by Crippen LogP contribution is 2.44. The fourth-order valence-electron chi connectivity index (χ4n) is 4.52. The molecule has 174 valence electrons. The minimum atomic E-state index is -4.59. The van der Waals surface area contributed by atoms with Crippen LogP contribution in [0.25, 0.3) is 16.8 Å². The van der Waals surface area contributed by atoms with Crippen molar-refractivity contribution in [1.29, 1.82) is 0 Å². The van der Waals surface area contributed by atoms with Gasteiger partial charge in [-0.3, -0.25) is 9.38 Å². The third kappa shape index (κ3) is 3.65. The number of anilines is 2. The van der Waals surface area contributed by atoms with Crippen LogP contribution in [0.5, 0.6) is 5.75 Å². The molecule has 6 rings (SSSR count). The highest BCUT2D eigenvalue weighted by atomic mass is 19.4. The Bertz CT molecular complexity index is 1380. The first kappa shape index (κ1) is 20.9. The minimum Gasteiger partial charge on any atom is -0.490 e. The van der Waals surface area contributed by atoms with E-state index in [1.165, 1.54) is 10.5 Å². The third-order valence-corrected chi connectivity index (χ3v) is 6.44. The number of rotatable bonds is 4. The van der Waals surface area contributed by atoms with Gasteiger partial charge in [0.05, 0.1) is 24.1 Å². The number of alkyl halides is 3. The van der Waals surface area contributed by atoms with Gasteiger partial charge in [-0.05, 0) is 67.1 Å². The maximum atomic E-state index is 14.3. The predicted molar refractivity (Wildman–Crippen MR) is 121 cm³/mol. The Kier molecular flexibility index (Phi) is 4.75. The maximum absolute atomic E-state index is 14.3. The van der Waals surface area contributed by atoms with Gasteiger partial charge >= 0.3 is 6.18 Å². The molecule has 0 N–H and O–H groups in total. The Morgan fingerprint density at radius 1 is 1.09 bits per heavy atom. The summed E-state index contributed by atoms with van der Waals surface area (Å²) in [5.74, 6) is 1.69. The molecule has 6 nitrogen and oxygen atoms in total. The Hall–Kier alpha value is -3.62. The van der Waals surface area contributed by atoms with Crippen LogP contribution in [0, 0.1) is 12.8 Å². The second-order valence-electron chi connectivity index (χ2n) is 8.90. The van der Waals surface area contributed by atoms with Crippen molar-refractivity contribution in [2.24, 2.45) is 5.92 Å². The number of aryl methyl sites for hydroxylation is 1. The van der Waals surface area contributed by atoms with Gasteiger partial charge in [-0.25, -0.2) is 0 Å². The molecule has 1 aliphatic carbocycles. The van der Waals surface area contributed by atoms with Gasteiger partial charge in [-0.1, -0.05) is 6.07 Å². The molecule has 2 aliphatic rings. The van der Waals surface area contributed by atoms with E-state index < -0.39 is 11.7 Å². The Balaban J connectivity index is 1.48. The number of nitrogens with zero attached hydrogens (tertiary/aromatic N) is 5. The molecule has 9 heteroatoms. The van der Waals surface area contributed by atoms with Crippen molar-refractivity contribution in [2.75, 3.05) is 18.1 Å². The first-order chi connectivity index (χ1) is 16.4.